The highest BCUT2D eigenvalue weighted by Crippen LogP contribution is 2.24. The number of hydrogen-bond acceptors (Lipinski definition) is 1. The standard InChI is InChI=1S/C17H17FN6/c1-11(14-6-7-15(23-14)17(20)21-10-19)12-8-22-24(9-12)16-5-3-2-4-13(16)18/h2-11,23H,1H3,(H3,19,20,21)/p+1. The third-order valence-electron chi connectivity index (χ3n) is 3.87. The van der Waals surface area contributed by atoms with Gasteiger partial charge in [-0.05, 0) is 34.8 Å². The van der Waals surface area contributed by atoms with Crippen molar-refractivity contribution in [1.29, 1.82) is 0 Å². The molecule has 0 fully saturated rings. The lowest BCUT2D eigenvalue weighted by molar-refractivity contribution is -0.106. The molecule has 0 saturated heterocycles. The molecule has 1 unspecified atom stereocenters. The van der Waals surface area contributed by atoms with Crippen LogP contribution in [0.15, 0.2) is 53.8 Å². The summed E-state index contributed by atoms with van der Waals surface area (Å²) in [7, 11) is 0. The zero-order chi connectivity index (χ0) is 17.1. The van der Waals surface area contributed by atoms with E-state index in [0.717, 1.165) is 17.6 Å². The van der Waals surface area contributed by atoms with E-state index in [2.05, 4.69) is 15.1 Å². The molecule has 0 aliphatic carbocycles. The summed E-state index contributed by atoms with van der Waals surface area (Å²) in [6.45, 7) is 2.03. The van der Waals surface area contributed by atoms with Crippen molar-refractivity contribution in [3.63, 3.8) is 0 Å². The summed E-state index contributed by atoms with van der Waals surface area (Å²) in [4.78, 5) is 7.07. The fraction of sp³-hybridized carbons (Fsp3) is 0.118. The van der Waals surface area contributed by atoms with E-state index < -0.39 is 0 Å². The Balaban J connectivity index is 1.87. The fourth-order valence-electron chi connectivity index (χ4n) is 2.47. The molecule has 1 atom stereocenters. The zero-order valence-corrected chi connectivity index (χ0v) is 13.1. The van der Waals surface area contributed by atoms with Gasteiger partial charge in [0.25, 0.3) is 12.2 Å². The predicted molar refractivity (Wildman–Crippen MR) is 90.5 cm³/mol. The number of benzene rings is 1. The van der Waals surface area contributed by atoms with Crippen LogP contribution < -0.4 is 11.1 Å². The molecular formula is C17H18FN6+. The number of nitrogens with zero attached hydrogens (tertiary/aromatic N) is 3. The van der Waals surface area contributed by atoms with Gasteiger partial charge in [0.2, 0.25) is 0 Å². The second kappa shape index (κ2) is 6.49. The summed E-state index contributed by atoms with van der Waals surface area (Å²) in [6.07, 6.45) is 4.69. The van der Waals surface area contributed by atoms with E-state index in [1.54, 1.807) is 24.4 Å². The SMILES string of the molecule is CC(c1cnn(-c2ccccc2F)c1)c1ccc(C(N)=NC=[NH2+])[nH]1. The van der Waals surface area contributed by atoms with Crippen LogP contribution in [0, 0.1) is 5.82 Å². The number of rotatable bonds is 5. The molecule has 5 N–H and O–H groups in total. The monoisotopic (exact) mass is 325 g/mol. The van der Waals surface area contributed by atoms with Crippen molar-refractivity contribution in [1.82, 2.24) is 14.8 Å². The Labute approximate surface area is 138 Å². The molecule has 2 heterocycles. The predicted octanol–water partition coefficient (Wildman–Crippen LogP) is 0.984. The molecule has 3 rings (SSSR count). The molecule has 0 radical (unpaired) electrons. The lowest BCUT2D eigenvalue weighted by Crippen LogP contribution is -2.30. The van der Waals surface area contributed by atoms with E-state index in [-0.39, 0.29) is 11.7 Å². The molecule has 24 heavy (non-hydrogen) atoms. The van der Waals surface area contributed by atoms with E-state index in [9.17, 15) is 4.39 Å². The minimum atomic E-state index is -0.316. The van der Waals surface area contributed by atoms with Crippen LogP contribution in [-0.2, 0) is 0 Å². The smallest absolute Gasteiger partial charge is 0.280 e. The number of aromatic nitrogens is 3. The van der Waals surface area contributed by atoms with Gasteiger partial charge >= 0.3 is 0 Å². The Kier molecular flexibility index (Phi) is 4.24. The quantitative estimate of drug-likeness (QED) is 0.481. The molecule has 2 aromatic heterocycles. The van der Waals surface area contributed by atoms with Gasteiger partial charge in [-0.1, -0.05) is 19.1 Å². The van der Waals surface area contributed by atoms with Crippen LogP contribution in [0.2, 0.25) is 0 Å². The number of aromatic amines is 1. The Bertz CT molecular complexity index is 892. The Hall–Kier alpha value is -3.22. The van der Waals surface area contributed by atoms with Crippen LogP contribution in [0.4, 0.5) is 4.39 Å². The van der Waals surface area contributed by atoms with Gasteiger partial charge in [-0.25, -0.2) is 9.07 Å². The third-order valence-corrected chi connectivity index (χ3v) is 3.87. The van der Waals surface area contributed by atoms with Crippen molar-refractivity contribution in [3.8, 4) is 5.69 Å². The van der Waals surface area contributed by atoms with E-state index in [4.69, 9.17) is 11.1 Å². The molecule has 3 aromatic rings. The molecular weight excluding hydrogens is 307 g/mol. The normalized spacial score (nSPS) is 13.0. The number of para-hydroxylation sites is 1. The molecule has 7 heteroatoms. The van der Waals surface area contributed by atoms with Crippen molar-refractivity contribution in [2.45, 2.75) is 12.8 Å². The lowest BCUT2D eigenvalue weighted by atomic mass is 10.0. The number of H-pyrrole nitrogens is 1. The van der Waals surface area contributed by atoms with Gasteiger partial charge < -0.3 is 10.7 Å². The number of hydrogen-bond donors (Lipinski definition) is 3. The second-order valence-corrected chi connectivity index (χ2v) is 5.38. The number of nitrogens with two attached hydrogens (primary N) is 2. The van der Waals surface area contributed by atoms with Crippen LogP contribution in [0.5, 0.6) is 0 Å². The number of halogens is 1. The van der Waals surface area contributed by atoms with E-state index in [0.29, 0.717) is 17.2 Å². The molecule has 0 aliphatic rings. The van der Waals surface area contributed by atoms with Gasteiger partial charge in [0.1, 0.15) is 17.2 Å². The molecule has 0 aliphatic heterocycles. The minimum absolute atomic E-state index is 0.0360. The van der Waals surface area contributed by atoms with Crippen LogP contribution >= 0.6 is 0 Å². The van der Waals surface area contributed by atoms with Crippen molar-refractivity contribution >= 4 is 12.2 Å². The van der Waals surface area contributed by atoms with Crippen LogP contribution in [-0.4, -0.2) is 26.9 Å². The van der Waals surface area contributed by atoms with Crippen LogP contribution in [0.25, 0.3) is 5.69 Å². The molecule has 1 aromatic carbocycles. The van der Waals surface area contributed by atoms with Gasteiger partial charge in [0, 0.05) is 17.8 Å². The highest BCUT2D eigenvalue weighted by Gasteiger charge is 2.16. The summed E-state index contributed by atoms with van der Waals surface area (Å²) in [6, 6.07) is 10.3. The zero-order valence-electron chi connectivity index (χ0n) is 13.1. The maximum atomic E-state index is 13.9. The third kappa shape index (κ3) is 2.96. The number of aliphatic imine (C=N–C) groups is 1. The highest BCUT2D eigenvalue weighted by atomic mass is 19.1. The first-order valence-electron chi connectivity index (χ1n) is 7.45. The van der Waals surface area contributed by atoms with Crippen LogP contribution in [0.3, 0.4) is 0 Å². The Morgan fingerprint density at radius 2 is 2.17 bits per heavy atom. The summed E-state index contributed by atoms with van der Waals surface area (Å²) >= 11 is 0. The average molecular weight is 325 g/mol. The van der Waals surface area contributed by atoms with Crippen molar-refractivity contribution in [2.75, 3.05) is 0 Å². The van der Waals surface area contributed by atoms with Crippen LogP contribution in [0.1, 0.15) is 29.8 Å². The van der Waals surface area contributed by atoms with Crippen molar-refractivity contribution < 1.29 is 9.80 Å². The van der Waals surface area contributed by atoms with E-state index in [1.165, 1.54) is 10.7 Å². The fourth-order valence-corrected chi connectivity index (χ4v) is 2.47. The van der Waals surface area contributed by atoms with Gasteiger partial charge in [-0.15, -0.1) is 0 Å². The van der Waals surface area contributed by atoms with Gasteiger partial charge in [0.05, 0.1) is 6.20 Å². The number of nitrogens with one attached hydrogen (secondary N) is 1. The first kappa shape index (κ1) is 15.7. The van der Waals surface area contributed by atoms with E-state index in [1.807, 2.05) is 25.3 Å². The maximum Gasteiger partial charge on any atom is 0.280 e. The molecule has 0 saturated carbocycles. The average Bonchev–Trinajstić information content (AvgIpc) is 3.25. The lowest BCUT2D eigenvalue weighted by Gasteiger charge is -2.07. The maximum absolute atomic E-state index is 13.9. The molecule has 0 spiro atoms. The summed E-state index contributed by atoms with van der Waals surface area (Å²) in [5, 5.41) is 9.50. The summed E-state index contributed by atoms with van der Waals surface area (Å²) in [5.41, 5.74) is 8.82. The molecule has 122 valence electrons. The molecule has 0 bridgehead atoms. The van der Waals surface area contributed by atoms with Crippen molar-refractivity contribution in [2.24, 2.45) is 10.7 Å². The summed E-state index contributed by atoms with van der Waals surface area (Å²) in [5.74, 6) is 0.0379. The van der Waals surface area contributed by atoms with Gasteiger partial charge in [-0.3, -0.25) is 5.41 Å². The molecule has 6 nitrogen and oxygen atoms in total. The first-order valence-corrected chi connectivity index (χ1v) is 7.45. The Morgan fingerprint density at radius 1 is 1.38 bits per heavy atom. The number of amidine groups is 1. The second-order valence-electron chi connectivity index (χ2n) is 5.38. The van der Waals surface area contributed by atoms with Gasteiger partial charge in [0.15, 0.2) is 0 Å². The Morgan fingerprint density at radius 3 is 2.92 bits per heavy atom. The first-order chi connectivity index (χ1) is 11.6. The minimum Gasteiger partial charge on any atom is -0.361 e. The summed E-state index contributed by atoms with van der Waals surface area (Å²) < 4.78 is 15.4. The van der Waals surface area contributed by atoms with E-state index >= 15 is 0 Å². The molecule has 0 amide bonds. The highest BCUT2D eigenvalue weighted by molar-refractivity contribution is 5.99. The topological polar surface area (TPSA) is 97.6 Å². The largest absolute Gasteiger partial charge is 0.361 e. The van der Waals surface area contributed by atoms with Gasteiger partial charge in [-0.2, -0.15) is 5.10 Å². The van der Waals surface area contributed by atoms with Crippen molar-refractivity contribution in [3.05, 3.63) is 71.6 Å².